The summed E-state index contributed by atoms with van der Waals surface area (Å²) < 4.78 is 7.71. The van der Waals surface area contributed by atoms with Crippen molar-refractivity contribution in [2.45, 2.75) is 46.1 Å². The first-order valence-electron chi connectivity index (χ1n) is 10.8. The third-order valence-corrected chi connectivity index (χ3v) is 6.08. The number of aryl methyl sites for hydroxylation is 3. The Morgan fingerprint density at radius 3 is 2.68 bits per heavy atom. The zero-order chi connectivity index (χ0) is 22.0. The smallest absolute Gasteiger partial charge is 0.258 e. The van der Waals surface area contributed by atoms with Gasteiger partial charge in [0.2, 0.25) is 0 Å². The number of hydrogen-bond acceptors (Lipinski definition) is 4. The van der Waals surface area contributed by atoms with E-state index < -0.39 is 0 Å². The first kappa shape index (κ1) is 21.4. The number of rotatable bonds is 5. The summed E-state index contributed by atoms with van der Waals surface area (Å²) in [5.74, 6) is 1.55. The minimum Gasteiger partial charge on any atom is -0.491 e. The molecule has 0 aliphatic carbocycles. The van der Waals surface area contributed by atoms with Crippen molar-refractivity contribution in [1.82, 2.24) is 9.55 Å². The third-order valence-electron chi connectivity index (χ3n) is 5.77. The third kappa shape index (κ3) is 4.77. The largest absolute Gasteiger partial charge is 0.491 e. The Bertz CT molecular complexity index is 1140. The van der Waals surface area contributed by atoms with E-state index in [9.17, 15) is 4.79 Å². The van der Waals surface area contributed by atoms with E-state index >= 15 is 0 Å². The number of benzene rings is 2. The lowest BCUT2D eigenvalue weighted by atomic mass is 10.0. The van der Waals surface area contributed by atoms with Gasteiger partial charge in [-0.05, 0) is 75.9 Å². The molecule has 6 heteroatoms. The van der Waals surface area contributed by atoms with Gasteiger partial charge >= 0.3 is 0 Å². The van der Waals surface area contributed by atoms with Crippen LogP contribution in [0.4, 0.5) is 5.69 Å². The highest BCUT2D eigenvalue weighted by atomic mass is 35.5. The second-order valence-electron chi connectivity index (χ2n) is 8.22. The highest BCUT2D eigenvalue weighted by Crippen LogP contribution is 2.33. The molecule has 1 fully saturated rings. The van der Waals surface area contributed by atoms with E-state index in [1.54, 1.807) is 4.57 Å². The molecule has 0 N–H and O–H groups in total. The molecule has 0 spiro atoms. The van der Waals surface area contributed by atoms with Gasteiger partial charge in [0.15, 0.2) is 0 Å². The molecule has 1 atom stereocenters. The molecule has 1 aromatic heterocycles. The van der Waals surface area contributed by atoms with E-state index in [4.69, 9.17) is 16.3 Å². The van der Waals surface area contributed by atoms with E-state index in [1.165, 1.54) is 18.1 Å². The average molecular weight is 438 g/mol. The molecule has 3 aromatic rings. The predicted octanol–water partition coefficient (Wildman–Crippen LogP) is 5.25. The number of halogens is 1. The van der Waals surface area contributed by atoms with Gasteiger partial charge in [-0.15, -0.1) is 0 Å². The highest BCUT2D eigenvalue weighted by Gasteiger charge is 2.25. The van der Waals surface area contributed by atoms with Crippen LogP contribution in [0.15, 0.2) is 53.3 Å². The summed E-state index contributed by atoms with van der Waals surface area (Å²) >= 11 is 6.73. The lowest BCUT2D eigenvalue weighted by Crippen LogP contribution is -2.43. The Morgan fingerprint density at radius 2 is 1.94 bits per heavy atom. The van der Waals surface area contributed by atoms with Crippen molar-refractivity contribution < 1.29 is 4.74 Å². The summed E-state index contributed by atoms with van der Waals surface area (Å²) in [6.45, 7) is 7.27. The first-order valence-corrected chi connectivity index (χ1v) is 11.1. The molecule has 4 rings (SSSR count). The van der Waals surface area contributed by atoms with E-state index in [0.717, 1.165) is 36.5 Å². The van der Waals surface area contributed by atoms with Crippen LogP contribution in [0.25, 0.3) is 5.69 Å². The molecule has 5 nitrogen and oxygen atoms in total. The van der Waals surface area contributed by atoms with Gasteiger partial charge in [-0.25, -0.2) is 4.98 Å². The molecule has 2 aromatic carbocycles. The molecule has 162 valence electrons. The second kappa shape index (κ2) is 9.15. The van der Waals surface area contributed by atoms with Crippen molar-refractivity contribution in [3.8, 4) is 11.4 Å². The average Bonchev–Trinajstić information content (AvgIpc) is 2.72. The lowest BCUT2D eigenvalue weighted by molar-refractivity contribution is 0.260. The van der Waals surface area contributed by atoms with Crippen molar-refractivity contribution in [2.75, 3.05) is 18.1 Å². The van der Waals surface area contributed by atoms with Gasteiger partial charge in [0.05, 0.1) is 22.4 Å². The van der Waals surface area contributed by atoms with Gasteiger partial charge in [-0.1, -0.05) is 23.7 Å². The van der Waals surface area contributed by atoms with E-state index in [0.29, 0.717) is 23.1 Å². The van der Waals surface area contributed by atoms with Crippen LogP contribution in [0.5, 0.6) is 5.75 Å². The lowest BCUT2D eigenvalue weighted by Gasteiger charge is -2.38. The number of piperidine rings is 1. The van der Waals surface area contributed by atoms with Gasteiger partial charge in [-0.2, -0.15) is 0 Å². The number of nitrogens with zero attached hydrogens (tertiary/aromatic N) is 3. The van der Waals surface area contributed by atoms with Crippen molar-refractivity contribution in [1.29, 1.82) is 0 Å². The zero-order valence-corrected chi connectivity index (χ0v) is 19.0. The van der Waals surface area contributed by atoms with Gasteiger partial charge in [0.25, 0.3) is 5.56 Å². The van der Waals surface area contributed by atoms with Gasteiger partial charge in [0.1, 0.15) is 18.2 Å². The van der Waals surface area contributed by atoms with E-state index in [1.807, 2.05) is 44.2 Å². The molecular formula is C25H28ClN3O2. The Labute approximate surface area is 188 Å². The highest BCUT2D eigenvalue weighted by molar-refractivity contribution is 6.33. The normalized spacial score (nSPS) is 16.4. The summed E-state index contributed by atoms with van der Waals surface area (Å²) in [7, 11) is 0. The number of aromatic nitrogens is 2. The topological polar surface area (TPSA) is 47.4 Å². The Balaban J connectivity index is 1.58. The van der Waals surface area contributed by atoms with Crippen LogP contribution in [0.2, 0.25) is 5.02 Å². The minimum absolute atomic E-state index is 0.101. The number of ether oxygens (including phenoxy) is 1. The second-order valence-corrected chi connectivity index (χ2v) is 8.63. The number of hydrogen-bond donors (Lipinski definition) is 0. The molecule has 1 aliphatic rings. The SMILES string of the molecule is Cc1cccc(OCC2CCCCN2c2ccc(-n3c(C)nc(C)cc3=O)cc2Cl)c1. The maximum Gasteiger partial charge on any atom is 0.258 e. The molecule has 1 saturated heterocycles. The maximum atomic E-state index is 12.5. The molecule has 1 aliphatic heterocycles. The summed E-state index contributed by atoms with van der Waals surface area (Å²) in [6, 6.07) is 15.7. The summed E-state index contributed by atoms with van der Waals surface area (Å²) in [4.78, 5) is 19.3. The van der Waals surface area contributed by atoms with Crippen LogP contribution < -0.4 is 15.2 Å². The summed E-state index contributed by atoms with van der Waals surface area (Å²) in [5.41, 5.74) is 3.51. The molecule has 2 heterocycles. The molecule has 0 radical (unpaired) electrons. The van der Waals surface area contributed by atoms with Gasteiger partial charge < -0.3 is 9.64 Å². The monoisotopic (exact) mass is 437 g/mol. The van der Waals surface area contributed by atoms with Crippen LogP contribution >= 0.6 is 11.6 Å². The Morgan fingerprint density at radius 1 is 1.10 bits per heavy atom. The van der Waals surface area contributed by atoms with Crippen LogP contribution in [0.3, 0.4) is 0 Å². The van der Waals surface area contributed by atoms with Crippen LogP contribution in [0.1, 0.15) is 36.3 Å². The minimum atomic E-state index is -0.101. The standard InChI is InChI=1S/C25H28ClN3O2/c1-17-7-6-9-22(13-17)31-16-21-8-4-5-12-28(21)24-11-10-20(15-23(24)26)29-19(3)27-18(2)14-25(29)30/h6-7,9-11,13-15,21H,4-5,8,12,16H2,1-3H3. The quantitative estimate of drug-likeness (QED) is 0.547. The van der Waals surface area contributed by atoms with Crippen LogP contribution in [0, 0.1) is 20.8 Å². The summed E-state index contributed by atoms with van der Waals surface area (Å²) in [6.07, 6.45) is 3.36. The van der Waals surface area contributed by atoms with Crippen LogP contribution in [-0.2, 0) is 0 Å². The molecule has 0 saturated carbocycles. The molecule has 31 heavy (non-hydrogen) atoms. The maximum absolute atomic E-state index is 12.5. The molecular weight excluding hydrogens is 410 g/mol. The van der Waals surface area contributed by atoms with Crippen molar-refractivity contribution >= 4 is 17.3 Å². The van der Waals surface area contributed by atoms with E-state index in [2.05, 4.69) is 28.9 Å². The fourth-order valence-corrected chi connectivity index (χ4v) is 4.59. The zero-order valence-electron chi connectivity index (χ0n) is 18.3. The Kier molecular flexibility index (Phi) is 6.33. The first-order chi connectivity index (χ1) is 14.9. The summed E-state index contributed by atoms with van der Waals surface area (Å²) in [5, 5.41) is 0.631. The van der Waals surface area contributed by atoms with Gasteiger partial charge in [0, 0.05) is 18.3 Å². The Hall–Kier alpha value is -2.79. The predicted molar refractivity (Wildman–Crippen MR) is 126 cm³/mol. The fourth-order valence-electron chi connectivity index (χ4n) is 4.31. The fraction of sp³-hybridized carbons (Fsp3) is 0.360. The van der Waals surface area contributed by atoms with Crippen molar-refractivity contribution in [3.63, 3.8) is 0 Å². The molecule has 1 unspecified atom stereocenters. The van der Waals surface area contributed by atoms with Gasteiger partial charge in [-0.3, -0.25) is 9.36 Å². The van der Waals surface area contributed by atoms with Crippen LogP contribution in [-0.4, -0.2) is 28.7 Å². The molecule has 0 amide bonds. The van der Waals surface area contributed by atoms with E-state index in [-0.39, 0.29) is 11.6 Å². The number of anilines is 1. The molecule has 0 bridgehead atoms. The van der Waals surface area contributed by atoms with Crippen molar-refractivity contribution in [3.05, 3.63) is 81.0 Å². The van der Waals surface area contributed by atoms with Crippen molar-refractivity contribution in [2.24, 2.45) is 0 Å².